The summed E-state index contributed by atoms with van der Waals surface area (Å²) < 4.78 is 13.6. The first-order valence-corrected chi connectivity index (χ1v) is 7.09. The summed E-state index contributed by atoms with van der Waals surface area (Å²) >= 11 is 0. The van der Waals surface area contributed by atoms with Crippen LogP contribution in [-0.4, -0.2) is 6.54 Å². The number of nitrogens with one attached hydrogen (secondary N) is 1. The van der Waals surface area contributed by atoms with Crippen molar-refractivity contribution in [2.45, 2.75) is 33.7 Å². The first-order valence-electron chi connectivity index (χ1n) is 7.09. The zero-order valence-corrected chi connectivity index (χ0v) is 12.6. The largest absolute Gasteiger partial charge is 0.307 e. The summed E-state index contributed by atoms with van der Waals surface area (Å²) in [5, 5.41) is 3.48. The molecule has 2 rings (SSSR count). The van der Waals surface area contributed by atoms with Crippen molar-refractivity contribution >= 4 is 0 Å². The molecule has 0 saturated heterocycles. The molecule has 1 N–H and O–H groups in total. The molecule has 0 heterocycles. The Kier molecular flexibility index (Phi) is 4.56. The summed E-state index contributed by atoms with van der Waals surface area (Å²) in [6.07, 6.45) is 0. The fourth-order valence-electron chi connectivity index (χ4n) is 2.66. The van der Waals surface area contributed by atoms with Crippen LogP contribution in [0.1, 0.15) is 40.8 Å². The Labute approximate surface area is 120 Å². The maximum atomic E-state index is 13.6. The number of rotatable bonds is 4. The smallest absolute Gasteiger partial charge is 0.123 e. The van der Waals surface area contributed by atoms with Gasteiger partial charge in [-0.05, 0) is 61.7 Å². The predicted octanol–water partition coefficient (Wildman–Crippen LogP) is 4.45. The van der Waals surface area contributed by atoms with Gasteiger partial charge in [-0.1, -0.05) is 36.8 Å². The van der Waals surface area contributed by atoms with E-state index in [0.29, 0.717) is 0 Å². The second-order valence-electron chi connectivity index (χ2n) is 5.35. The van der Waals surface area contributed by atoms with Crippen molar-refractivity contribution < 1.29 is 4.39 Å². The van der Waals surface area contributed by atoms with Gasteiger partial charge in [0, 0.05) is 0 Å². The number of halogens is 1. The average Bonchev–Trinajstić information content (AvgIpc) is 2.40. The van der Waals surface area contributed by atoms with Gasteiger partial charge < -0.3 is 5.32 Å². The SMILES string of the molecule is CCNC(c1ccc(C)cc1C)c1cc(F)ccc1C. The molecule has 2 aromatic rings. The Balaban J connectivity index is 2.53. The van der Waals surface area contributed by atoms with Gasteiger partial charge in [0.05, 0.1) is 6.04 Å². The highest BCUT2D eigenvalue weighted by Gasteiger charge is 2.17. The third kappa shape index (κ3) is 3.07. The first kappa shape index (κ1) is 14.7. The lowest BCUT2D eigenvalue weighted by atomic mass is 9.91. The molecule has 0 spiro atoms. The van der Waals surface area contributed by atoms with Crippen LogP contribution < -0.4 is 5.32 Å². The van der Waals surface area contributed by atoms with E-state index < -0.39 is 0 Å². The number of hydrogen-bond donors (Lipinski definition) is 1. The van der Waals surface area contributed by atoms with Crippen LogP contribution >= 0.6 is 0 Å². The van der Waals surface area contributed by atoms with Crippen LogP contribution in [0.15, 0.2) is 36.4 Å². The van der Waals surface area contributed by atoms with Gasteiger partial charge >= 0.3 is 0 Å². The molecule has 2 aromatic carbocycles. The zero-order chi connectivity index (χ0) is 14.7. The van der Waals surface area contributed by atoms with Crippen LogP contribution in [0, 0.1) is 26.6 Å². The lowest BCUT2D eigenvalue weighted by molar-refractivity contribution is 0.599. The third-order valence-corrected chi connectivity index (χ3v) is 3.70. The summed E-state index contributed by atoms with van der Waals surface area (Å²) in [6.45, 7) is 9.15. The molecule has 0 radical (unpaired) electrons. The van der Waals surface area contributed by atoms with E-state index in [4.69, 9.17) is 0 Å². The van der Waals surface area contributed by atoms with E-state index in [9.17, 15) is 4.39 Å². The van der Waals surface area contributed by atoms with Crippen LogP contribution in [0.5, 0.6) is 0 Å². The number of hydrogen-bond acceptors (Lipinski definition) is 1. The molecule has 0 aliphatic rings. The molecule has 0 aliphatic heterocycles. The van der Waals surface area contributed by atoms with E-state index in [0.717, 1.165) is 17.7 Å². The second-order valence-corrected chi connectivity index (χ2v) is 5.35. The zero-order valence-electron chi connectivity index (χ0n) is 12.6. The monoisotopic (exact) mass is 271 g/mol. The fourth-order valence-corrected chi connectivity index (χ4v) is 2.66. The molecule has 0 fully saturated rings. The second kappa shape index (κ2) is 6.19. The van der Waals surface area contributed by atoms with E-state index in [1.165, 1.54) is 22.8 Å². The minimum Gasteiger partial charge on any atom is -0.307 e. The maximum Gasteiger partial charge on any atom is 0.123 e. The molecule has 0 aromatic heterocycles. The Hall–Kier alpha value is -1.67. The summed E-state index contributed by atoms with van der Waals surface area (Å²) in [5.74, 6) is -0.182. The fraction of sp³-hybridized carbons (Fsp3) is 0.333. The van der Waals surface area contributed by atoms with Crippen molar-refractivity contribution in [3.63, 3.8) is 0 Å². The van der Waals surface area contributed by atoms with Gasteiger partial charge in [0.1, 0.15) is 5.82 Å². The van der Waals surface area contributed by atoms with E-state index in [-0.39, 0.29) is 11.9 Å². The normalized spacial score (nSPS) is 12.4. The molecule has 0 amide bonds. The van der Waals surface area contributed by atoms with E-state index in [2.05, 4.69) is 44.3 Å². The van der Waals surface area contributed by atoms with Crippen LogP contribution in [0.3, 0.4) is 0 Å². The Morgan fingerprint density at radius 3 is 2.35 bits per heavy atom. The van der Waals surface area contributed by atoms with E-state index >= 15 is 0 Å². The molecule has 0 saturated carbocycles. The standard InChI is InChI=1S/C18H22FN/c1-5-20-18(16-9-6-12(2)10-14(16)4)17-11-15(19)8-7-13(17)3/h6-11,18,20H,5H2,1-4H3. The summed E-state index contributed by atoms with van der Waals surface area (Å²) in [7, 11) is 0. The topological polar surface area (TPSA) is 12.0 Å². The molecular formula is C18H22FN. The maximum absolute atomic E-state index is 13.6. The lowest BCUT2D eigenvalue weighted by Crippen LogP contribution is -2.23. The molecule has 1 nitrogen and oxygen atoms in total. The van der Waals surface area contributed by atoms with Crippen molar-refractivity contribution in [3.05, 3.63) is 70.0 Å². The van der Waals surface area contributed by atoms with E-state index in [1.54, 1.807) is 6.07 Å². The van der Waals surface area contributed by atoms with Crippen LogP contribution in [0.4, 0.5) is 4.39 Å². The summed E-state index contributed by atoms with van der Waals surface area (Å²) in [4.78, 5) is 0. The quantitative estimate of drug-likeness (QED) is 0.866. The average molecular weight is 271 g/mol. The third-order valence-electron chi connectivity index (χ3n) is 3.70. The van der Waals surface area contributed by atoms with Gasteiger partial charge in [0.25, 0.3) is 0 Å². The van der Waals surface area contributed by atoms with Crippen molar-refractivity contribution in [3.8, 4) is 0 Å². The van der Waals surface area contributed by atoms with Gasteiger partial charge in [-0.2, -0.15) is 0 Å². The Morgan fingerprint density at radius 1 is 0.950 bits per heavy atom. The summed E-state index contributed by atoms with van der Waals surface area (Å²) in [5.41, 5.74) is 5.82. The van der Waals surface area contributed by atoms with Gasteiger partial charge in [-0.3, -0.25) is 0 Å². The molecule has 20 heavy (non-hydrogen) atoms. The highest BCUT2D eigenvalue weighted by molar-refractivity contribution is 5.41. The molecular weight excluding hydrogens is 249 g/mol. The number of aryl methyl sites for hydroxylation is 3. The van der Waals surface area contributed by atoms with Gasteiger partial charge in [-0.25, -0.2) is 4.39 Å². The molecule has 1 atom stereocenters. The van der Waals surface area contributed by atoms with Gasteiger partial charge in [0.2, 0.25) is 0 Å². The Morgan fingerprint density at radius 2 is 1.70 bits per heavy atom. The van der Waals surface area contributed by atoms with Gasteiger partial charge in [0.15, 0.2) is 0 Å². The molecule has 0 aliphatic carbocycles. The van der Waals surface area contributed by atoms with Gasteiger partial charge in [-0.15, -0.1) is 0 Å². The van der Waals surface area contributed by atoms with Crippen molar-refractivity contribution in [1.82, 2.24) is 5.32 Å². The molecule has 1 unspecified atom stereocenters. The van der Waals surface area contributed by atoms with Crippen LogP contribution in [0.25, 0.3) is 0 Å². The van der Waals surface area contributed by atoms with Crippen LogP contribution in [0.2, 0.25) is 0 Å². The highest BCUT2D eigenvalue weighted by atomic mass is 19.1. The predicted molar refractivity (Wildman–Crippen MR) is 82.6 cm³/mol. The minimum absolute atomic E-state index is 0.0382. The summed E-state index contributed by atoms with van der Waals surface area (Å²) in [6, 6.07) is 11.5. The first-order chi connectivity index (χ1) is 9.52. The molecule has 2 heteroatoms. The Bertz CT molecular complexity index is 604. The van der Waals surface area contributed by atoms with Crippen molar-refractivity contribution in [2.24, 2.45) is 0 Å². The molecule has 0 bridgehead atoms. The van der Waals surface area contributed by atoms with Crippen LogP contribution in [-0.2, 0) is 0 Å². The minimum atomic E-state index is -0.182. The number of benzene rings is 2. The van der Waals surface area contributed by atoms with Crippen molar-refractivity contribution in [2.75, 3.05) is 6.54 Å². The van der Waals surface area contributed by atoms with E-state index in [1.807, 2.05) is 13.0 Å². The highest BCUT2D eigenvalue weighted by Crippen LogP contribution is 2.28. The molecule has 106 valence electrons. The lowest BCUT2D eigenvalue weighted by Gasteiger charge is -2.23. The van der Waals surface area contributed by atoms with Crippen molar-refractivity contribution in [1.29, 1.82) is 0 Å².